The standard InChI is InChI=1S/C14H14N4/c1-11-8-12(2)18(16-11)14-5-3-4-13(9-14)17-7-6-15-10-17/h3-10H,1-2H3. The van der Waals surface area contributed by atoms with Gasteiger partial charge in [0.2, 0.25) is 0 Å². The van der Waals surface area contributed by atoms with Crippen molar-refractivity contribution in [2.24, 2.45) is 0 Å². The van der Waals surface area contributed by atoms with Gasteiger partial charge in [0.1, 0.15) is 0 Å². The maximum Gasteiger partial charge on any atom is 0.0991 e. The number of aromatic nitrogens is 4. The first kappa shape index (κ1) is 10.8. The molecule has 0 aliphatic rings. The van der Waals surface area contributed by atoms with Gasteiger partial charge in [0.15, 0.2) is 0 Å². The van der Waals surface area contributed by atoms with Crippen LogP contribution in [0, 0.1) is 13.8 Å². The highest BCUT2D eigenvalue weighted by atomic mass is 15.3. The molecule has 2 aromatic heterocycles. The smallest absolute Gasteiger partial charge is 0.0991 e. The second kappa shape index (κ2) is 4.14. The average molecular weight is 238 g/mol. The molecule has 0 aliphatic heterocycles. The molecule has 3 aromatic rings. The molecule has 0 aliphatic carbocycles. The monoisotopic (exact) mass is 238 g/mol. The average Bonchev–Trinajstić information content (AvgIpc) is 2.99. The summed E-state index contributed by atoms with van der Waals surface area (Å²) in [5.41, 5.74) is 4.31. The molecule has 4 nitrogen and oxygen atoms in total. The van der Waals surface area contributed by atoms with E-state index >= 15 is 0 Å². The minimum atomic E-state index is 1.03. The minimum absolute atomic E-state index is 1.03. The summed E-state index contributed by atoms with van der Waals surface area (Å²) in [6.07, 6.45) is 5.50. The highest BCUT2D eigenvalue weighted by Gasteiger charge is 2.04. The zero-order chi connectivity index (χ0) is 12.5. The normalized spacial score (nSPS) is 10.8. The first-order valence-corrected chi connectivity index (χ1v) is 5.86. The van der Waals surface area contributed by atoms with Crippen LogP contribution in [0.3, 0.4) is 0 Å². The van der Waals surface area contributed by atoms with E-state index in [-0.39, 0.29) is 0 Å². The quantitative estimate of drug-likeness (QED) is 0.688. The molecule has 0 N–H and O–H groups in total. The summed E-state index contributed by atoms with van der Waals surface area (Å²) in [7, 11) is 0. The van der Waals surface area contributed by atoms with Crippen LogP contribution in [0.2, 0.25) is 0 Å². The predicted octanol–water partition coefficient (Wildman–Crippen LogP) is 2.67. The summed E-state index contributed by atoms with van der Waals surface area (Å²) >= 11 is 0. The molecule has 18 heavy (non-hydrogen) atoms. The van der Waals surface area contributed by atoms with Gasteiger partial charge in [-0.05, 0) is 38.1 Å². The topological polar surface area (TPSA) is 35.6 Å². The lowest BCUT2D eigenvalue weighted by Gasteiger charge is -2.07. The summed E-state index contributed by atoms with van der Waals surface area (Å²) < 4.78 is 3.94. The number of hydrogen-bond acceptors (Lipinski definition) is 2. The Hall–Kier alpha value is -2.36. The first-order chi connectivity index (χ1) is 8.74. The van der Waals surface area contributed by atoms with Gasteiger partial charge in [-0.15, -0.1) is 0 Å². The van der Waals surface area contributed by atoms with Crippen molar-refractivity contribution in [2.75, 3.05) is 0 Å². The number of aryl methyl sites for hydroxylation is 2. The molecule has 4 heteroatoms. The third kappa shape index (κ3) is 1.82. The summed E-state index contributed by atoms with van der Waals surface area (Å²) in [6.45, 7) is 4.06. The van der Waals surface area contributed by atoms with Crippen molar-refractivity contribution < 1.29 is 0 Å². The van der Waals surface area contributed by atoms with Gasteiger partial charge in [0.25, 0.3) is 0 Å². The molecule has 0 radical (unpaired) electrons. The fourth-order valence-corrected chi connectivity index (χ4v) is 2.09. The van der Waals surface area contributed by atoms with Gasteiger partial charge in [-0.3, -0.25) is 0 Å². The molecule has 0 bridgehead atoms. The van der Waals surface area contributed by atoms with Crippen molar-refractivity contribution in [3.05, 3.63) is 60.4 Å². The van der Waals surface area contributed by atoms with Crippen LogP contribution < -0.4 is 0 Å². The highest BCUT2D eigenvalue weighted by molar-refractivity contribution is 5.44. The largest absolute Gasteiger partial charge is 0.306 e. The number of benzene rings is 1. The van der Waals surface area contributed by atoms with E-state index in [0.717, 1.165) is 22.8 Å². The Morgan fingerprint density at radius 3 is 2.56 bits per heavy atom. The van der Waals surface area contributed by atoms with Gasteiger partial charge >= 0.3 is 0 Å². The van der Waals surface area contributed by atoms with Crippen molar-refractivity contribution in [1.29, 1.82) is 0 Å². The summed E-state index contributed by atoms with van der Waals surface area (Å²) in [4.78, 5) is 4.06. The number of imidazole rings is 1. The molecule has 0 saturated carbocycles. The first-order valence-electron chi connectivity index (χ1n) is 5.86. The van der Waals surface area contributed by atoms with Crippen molar-refractivity contribution in [3.8, 4) is 11.4 Å². The fraction of sp³-hybridized carbons (Fsp3) is 0.143. The molecule has 90 valence electrons. The van der Waals surface area contributed by atoms with Gasteiger partial charge in [-0.2, -0.15) is 5.10 Å². The van der Waals surface area contributed by atoms with Crippen LogP contribution in [0.4, 0.5) is 0 Å². The lowest BCUT2D eigenvalue weighted by Crippen LogP contribution is -2.00. The molecular weight excluding hydrogens is 224 g/mol. The van der Waals surface area contributed by atoms with E-state index in [1.54, 1.807) is 12.5 Å². The van der Waals surface area contributed by atoms with E-state index in [1.807, 2.05) is 28.4 Å². The van der Waals surface area contributed by atoms with Crippen molar-refractivity contribution in [1.82, 2.24) is 19.3 Å². The maximum absolute atomic E-state index is 4.49. The predicted molar refractivity (Wildman–Crippen MR) is 70.2 cm³/mol. The molecule has 2 heterocycles. The van der Waals surface area contributed by atoms with Crippen LogP contribution in [0.1, 0.15) is 11.4 Å². The number of hydrogen-bond donors (Lipinski definition) is 0. The van der Waals surface area contributed by atoms with Crippen molar-refractivity contribution in [3.63, 3.8) is 0 Å². The molecule has 0 saturated heterocycles. The highest BCUT2D eigenvalue weighted by Crippen LogP contribution is 2.16. The Morgan fingerprint density at radius 2 is 1.89 bits per heavy atom. The van der Waals surface area contributed by atoms with Crippen LogP contribution in [0.5, 0.6) is 0 Å². The van der Waals surface area contributed by atoms with Crippen molar-refractivity contribution >= 4 is 0 Å². The summed E-state index contributed by atoms with van der Waals surface area (Å²) in [5, 5.41) is 4.49. The van der Waals surface area contributed by atoms with Gasteiger partial charge in [-0.1, -0.05) is 6.07 Å². The molecule has 0 spiro atoms. The second-order valence-electron chi connectivity index (χ2n) is 4.33. The Balaban J connectivity index is 2.09. The summed E-state index contributed by atoms with van der Waals surface area (Å²) in [5.74, 6) is 0. The van der Waals surface area contributed by atoms with Gasteiger partial charge in [0.05, 0.1) is 17.7 Å². The van der Waals surface area contributed by atoms with Crippen LogP contribution in [-0.2, 0) is 0 Å². The molecule has 0 fully saturated rings. The van der Waals surface area contributed by atoms with Crippen LogP contribution in [0.25, 0.3) is 11.4 Å². The van der Waals surface area contributed by atoms with E-state index in [0.29, 0.717) is 0 Å². The number of rotatable bonds is 2. The zero-order valence-electron chi connectivity index (χ0n) is 10.4. The molecule has 1 aromatic carbocycles. The Labute approximate surface area is 106 Å². The van der Waals surface area contributed by atoms with Crippen molar-refractivity contribution in [2.45, 2.75) is 13.8 Å². The Morgan fingerprint density at radius 1 is 1.06 bits per heavy atom. The lowest BCUT2D eigenvalue weighted by molar-refractivity contribution is 0.831. The third-order valence-corrected chi connectivity index (χ3v) is 2.89. The number of nitrogens with zero attached hydrogens (tertiary/aromatic N) is 4. The fourth-order valence-electron chi connectivity index (χ4n) is 2.09. The van der Waals surface area contributed by atoms with E-state index < -0.39 is 0 Å². The second-order valence-corrected chi connectivity index (χ2v) is 4.33. The van der Waals surface area contributed by atoms with E-state index in [1.165, 1.54) is 0 Å². The maximum atomic E-state index is 4.49. The van der Waals surface area contributed by atoms with Crippen LogP contribution >= 0.6 is 0 Å². The molecule has 0 amide bonds. The van der Waals surface area contributed by atoms with E-state index in [2.05, 4.69) is 41.3 Å². The van der Waals surface area contributed by atoms with Crippen LogP contribution in [-0.4, -0.2) is 19.3 Å². The van der Waals surface area contributed by atoms with Gasteiger partial charge in [-0.25, -0.2) is 9.67 Å². The Bertz CT molecular complexity index is 665. The molecule has 0 atom stereocenters. The lowest BCUT2D eigenvalue weighted by atomic mass is 10.2. The SMILES string of the molecule is Cc1cc(C)n(-c2cccc(-n3ccnc3)c2)n1. The third-order valence-electron chi connectivity index (χ3n) is 2.89. The molecule has 0 unspecified atom stereocenters. The van der Waals surface area contributed by atoms with Crippen LogP contribution in [0.15, 0.2) is 49.1 Å². The van der Waals surface area contributed by atoms with Gasteiger partial charge in [0, 0.05) is 23.8 Å². The molecule has 3 rings (SSSR count). The Kier molecular flexibility index (Phi) is 2.48. The van der Waals surface area contributed by atoms with E-state index in [4.69, 9.17) is 0 Å². The summed E-state index contributed by atoms with van der Waals surface area (Å²) in [6, 6.07) is 10.3. The van der Waals surface area contributed by atoms with Gasteiger partial charge < -0.3 is 4.57 Å². The molecular formula is C14H14N4. The zero-order valence-corrected chi connectivity index (χ0v) is 10.4. The van der Waals surface area contributed by atoms with E-state index in [9.17, 15) is 0 Å². The minimum Gasteiger partial charge on any atom is -0.306 e.